The van der Waals surface area contributed by atoms with Crippen LogP contribution in [0.4, 0.5) is 0 Å². The number of nitrogens with two attached hydrogens (primary N) is 1. The van der Waals surface area contributed by atoms with Crippen molar-refractivity contribution in [3.05, 3.63) is 27.2 Å². The van der Waals surface area contributed by atoms with Gasteiger partial charge in [0.2, 0.25) is 5.91 Å². The minimum absolute atomic E-state index is 0.0451. The van der Waals surface area contributed by atoms with Gasteiger partial charge in [-0.2, -0.15) is 0 Å². The molecule has 0 aliphatic carbocycles. The summed E-state index contributed by atoms with van der Waals surface area (Å²) in [6, 6.07) is -0.0451. The van der Waals surface area contributed by atoms with E-state index in [9.17, 15) is 14.4 Å². The molecule has 0 spiro atoms. The monoisotopic (exact) mass is 348 g/mol. The number of amides is 1. The molecule has 1 aliphatic heterocycles. The first kappa shape index (κ1) is 17.4. The fourth-order valence-electron chi connectivity index (χ4n) is 3.57. The molecule has 2 unspecified atom stereocenters. The summed E-state index contributed by atoms with van der Waals surface area (Å²) >= 11 is 0. The van der Waals surface area contributed by atoms with E-state index in [0.717, 1.165) is 17.4 Å². The number of piperidine rings is 1. The zero-order chi connectivity index (χ0) is 18.3. The maximum atomic E-state index is 12.8. The Bertz CT molecular complexity index is 924. The third-order valence-corrected chi connectivity index (χ3v) is 5.06. The smallest absolute Gasteiger partial charge is 0.332 e. The molecule has 1 aliphatic rings. The summed E-state index contributed by atoms with van der Waals surface area (Å²) in [6.07, 6.45) is 3.22. The van der Waals surface area contributed by atoms with Crippen molar-refractivity contribution >= 4 is 17.1 Å². The van der Waals surface area contributed by atoms with E-state index in [0.29, 0.717) is 30.2 Å². The van der Waals surface area contributed by atoms with Gasteiger partial charge in [0.25, 0.3) is 5.56 Å². The summed E-state index contributed by atoms with van der Waals surface area (Å²) in [5.41, 5.74) is 5.39. The molecule has 9 nitrogen and oxygen atoms in total. The van der Waals surface area contributed by atoms with Gasteiger partial charge in [-0.25, -0.2) is 14.3 Å². The van der Waals surface area contributed by atoms with Crippen LogP contribution in [0.5, 0.6) is 0 Å². The molecule has 2 atom stereocenters. The summed E-state index contributed by atoms with van der Waals surface area (Å²) in [5, 5.41) is 0. The third-order valence-electron chi connectivity index (χ3n) is 5.06. The molecule has 1 fully saturated rings. The van der Waals surface area contributed by atoms with E-state index in [1.807, 2.05) is 0 Å². The van der Waals surface area contributed by atoms with Crippen LogP contribution >= 0.6 is 0 Å². The average Bonchev–Trinajstić information content (AvgIpc) is 2.98. The van der Waals surface area contributed by atoms with Crippen molar-refractivity contribution in [2.24, 2.45) is 25.7 Å². The summed E-state index contributed by atoms with van der Waals surface area (Å²) in [4.78, 5) is 43.8. The summed E-state index contributed by atoms with van der Waals surface area (Å²) in [5.74, 6) is 0.266. The fraction of sp³-hybridized carbons (Fsp3) is 0.625. The molecule has 1 amide bonds. The van der Waals surface area contributed by atoms with Crippen LogP contribution in [-0.2, 0) is 25.4 Å². The lowest BCUT2D eigenvalue weighted by molar-refractivity contribution is -0.136. The first-order valence-corrected chi connectivity index (χ1v) is 8.45. The van der Waals surface area contributed by atoms with Crippen molar-refractivity contribution in [2.75, 3.05) is 13.1 Å². The van der Waals surface area contributed by atoms with Gasteiger partial charge in [0.15, 0.2) is 11.2 Å². The normalized spacial score (nSPS) is 21.0. The predicted octanol–water partition coefficient (Wildman–Crippen LogP) is -0.980. The zero-order valence-electron chi connectivity index (χ0n) is 14.8. The first-order valence-electron chi connectivity index (χ1n) is 8.45. The maximum absolute atomic E-state index is 12.8. The first-order chi connectivity index (χ1) is 11.8. The highest BCUT2D eigenvalue weighted by Gasteiger charge is 2.29. The van der Waals surface area contributed by atoms with Crippen molar-refractivity contribution in [1.82, 2.24) is 23.6 Å². The molecule has 3 rings (SSSR count). The van der Waals surface area contributed by atoms with E-state index in [1.165, 1.54) is 10.9 Å². The Morgan fingerprint density at radius 1 is 1.36 bits per heavy atom. The van der Waals surface area contributed by atoms with Gasteiger partial charge >= 0.3 is 5.69 Å². The van der Waals surface area contributed by atoms with E-state index >= 15 is 0 Å². The molecule has 0 bridgehead atoms. The second-order valence-electron chi connectivity index (χ2n) is 6.87. The minimum Gasteiger partial charge on any atom is -0.337 e. The minimum atomic E-state index is -0.542. The van der Waals surface area contributed by atoms with E-state index < -0.39 is 11.2 Å². The van der Waals surface area contributed by atoms with Crippen molar-refractivity contribution in [2.45, 2.75) is 32.4 Å². The zero-order valence-corrected chi connectivity index (χ0v) is 14.8. The van der Waals surface area contributed by atoms with Crippen molar-refractivity contribution in [3.63, 3.8) is 0 Å². The number of nitrogens with zero attached hydrogens (tertiary/aromatic N) is 5. The van der Waals surface area contributed by atoms with Gasteiger partial charge in [0.1, 0.15) is 6.54 Å². The van der Waals surface area contributed by atoms with E-state index in [1.54, 1.807) is 23.6 Å². The van der Waals surface area contributed by atoms with Crippen LogP contribution in [0.3, 0.4) is 0 Å². The number of aryl methyl sites for hydroxylation is 2. The summed E-state index contributed by atoms with van der Waals surface area (Å²) in [6.45, 7) is 2.84. The molecule has 0 aromatic carbocycles. The Morgan fingerprint density at radius 3 is 2.76 bits per heavy atom. The highest BCUT2D eigenvalue weighted by molar-refractivity contribution is 5.77. The van der Waals surface area contributed by atoms with Crippen LogP contribution in [0.1, 0.15) is 19.8 Å². The molecule has 0 saturated carbocycles. The maximum Gasteiger partial charge on any atom is 0.332 e. The van der Waals surface area contributed by atoms with Crippen LogP contribution in [0.15, 0.2) is 15.9 Å². The van der Waals surface area contributed by atoms with Crippen LogP contribution in [-0.4, -0.2) is 48.6 Å². The topological polar surface area (TPSA) is 108 Å². The van der Waals surface area contributed by atoms with Gasteiger partial charge in [-0.1, -0.05) is 6.92 Å². The molecule has 0 radical (unpaired) electrons. The number of imidazole rings is 1. The van der Waals surface area contributed by atoms with Gasteiger partial charge in [0.05, 0.1) is 6.33 Å². The standard InChI is InChI=1S/C16H24N6O3/c1-10-4-5-21(11(6-10)7-17)12(23)8-22-15(24)13-14(18-9-19(13)2)20(3)16(22)25/h9-11H,4-8,17H2,1-3H3. The summed E-state index contributed by atoms with van der Waals surface area (Å²) < 4.78 is 3.84. The average molecular weight is 348 g/mol. The highest BCUT2D eigenvalue weighted by atomic mass is 16.2. The van der Waals surface area contributed by atoms with Crippen LogP contribution in [0.25, 0.3) is 11.2 Å². The number of likely N-dealkylation sites (tertiary alicyclic amines) is 1. The molecular weight excluding hydrogens is 324 g/mol. The molecule has 136 valence electrons. The lowest BCUT2D eigenvalue weighted by atomic mass is 9.92. The SMILES string of the molecule is CC1CCN(C(=O)Cn2c(=O)c3c(ncn3C)n(C)c2=O)C(CN)C1. The summed E-state index contributed by atoms with van der Waals surface area (Å²) in [7, 11) is 3.23. The number of hydrogen-bond acceptors (Lipinski definition) is 5. The molecule has 2 aromatic heterocycles. The van der Waals surface area contributed by atoms with Crippen molar-refractivity contribution in [1.29, 1.82) is 0 Å². The second-order valence-corrected chi connectivity index (χ2v) is 6.87. The van der Waals surface area contributed by atoms with Gasteiger partial charge in [0, 0.05) is 33.2 Å². The predicted molar refractivity (Wildman–Crippen MR) is 93.2 cm³/mol. The lowest BCUT2D eigenvalue weighted by Gasteiger charge is -2.38. The molecule has 1 saturated heterocycles. The molecule has 3 heterocycles. The Balaban J connectivity index is 1.98. The number of hydrogen-bond donors (Lipinski definition) is 1. The Morgan fingerprint density at radius 2 is 2.08 bits per heavy atom. The highest BCUT2D eigenvalue weighted by Crippen LogP contribution is 2.22. The molecule has 2 aromatic rings. The van der Waals surface area contributed by atoms with Crippen molar-refractivity contribution in [3.8, 4) is 0 Å². The van der Waals surface area contributed by atoms with Gasteiger partial charge < -0.3 is 15.2 Å². The largest absolute Gasteiger partial charge is 0.337 e. The van der Waals surface area contributed by atoms with E-state index in [2.05, 4.69) is 11.9 Å². The number of aromatic nitrogens is 4. The van der Waals surface area contributed by atoms with Gasteiger partial charge in [-0.3, -0.25) is 14.2 Å². The molecule has 25 heavy (non-hydrogen) atoms. The quantitative estimate of drug-likeness (QED) is 0.767. The lowest BCUT2D eigenvalue weighted by Crippen LogP contribution is -2.52. The van der Waals surface area contributed by atoms with Crippen LogP contribution in [0, 0.1) is 5.92 Å². The van der Waals surface area contributed by atoms with Gasteiger partial charge in [-0.05, 0) is 18.8 Å². The number of carbonyl (C=O) groups is 1. The number of rotatable bonds is 3. The van der Waals surface area contributed by atoms with Crippen LogP contribution < -0.4 is 17.0 Å². The Hall–Kier alpha value is -2.42. The molecular formula is C16H24N6O3. The fourth-order valence-corrected chi connectivity index (χ4v) is 3.57. The second kappa shape index (κ2) is 6.47. The Kier molecular flexibility index (Phi) is 4.51. The van der Waals surface area contributed by atoms with E-state index in [-0.39, 0.29) is 18.5 Å². The third kappa shape index (κ3) is 2.88. The van der Waals surface area contributed by atoms with Crippen molar-refractivity contribution < 1.29 is 4.79 Å². The Labute approximate surface area is 144 Å². The molecule has 9 heteroatoms. The molecule has 2 N–H and O–H groups in total. The van der Waals surface area contributed by atoms with Gasteiger partial charge in [-0.15, -0.1) is 0 Å². The van der Waals surface area contributed by atoms with Crippen LogP contribution in [0.2, 0.25) is 0 Å². The number of fused-ring (bicyclic) bond motifs is 1. The van der Waals surface area contributed by atoms with E-state index in [4.69, 9.17) is 5.73 Å². The number of carbonyl (C=O) groups excluding carboxylic acids is 1.